The Labute approximate surface area is 171 Å². The number of methoxy groups -OCH3 is 2. The van der Waals surface area contributed by atoms with Gasteiger partial charge in [0.05, 0.1) is 20.3 Å². The molecule has 0 saturated heterocycles. The Kier molecular flexibility index (Phi) is 6.59. The van der Waals surface area contributed by atoms with Gasteiger partial charge in [0, 0.05) is 25.2 Å². The van der Waals surface area contributed by atoms with Gasteiger partial charge >= 0.3 is 6.03 Å². The molecule has 154 valence electrons. The highest BCUT2D eigenvalue weighted by Gasteiger charge is 2.32. The fourth-order valence-corrected chi connectivity index (χ4v) is 3.63. The van der Waals surface area contributed by atoms with Gasteiger partial charge in [0.15, 0.2) is 11.5 Å². The molecule has 0 spiro atoms. The molecule has 0 unspecified atom stereocenters. The third kappa shape index (κ3) is 4.45. The fourth-order valence-electron chi connectivity index (χ4n) is 3.63. The van der Waals surface area contributed by atoms with Crippen molar-refractivity contribution < 1.29 is 19.1 Å². The Morgan fingerprint density at radius 2 is 1.76 bits per heavy atom. The van der Waals surface area contributed by atoms with E-state index in [9.17, 15) is 9.59 Å². The first-order valence-electron chi connectivity index (χ1n) is 9.71. The van der Waals surface area contributed by atoms with Crippen LogP contribution in [-0.2, 0) is 6.42 Å². The van der Waals surface area contributed by atoms with Crippen LogP contribution in [0.1, 0.15) is 34.5 Å². The predicted octanol–water partition coefficient (Wildman–Crippen LogP) is 2.76. The summed E-state index contributed by atoms with van der Waals surface area (Å²) in [6.07, 6.45) is 0.704. The second kappa shape index (κ2) is 9.32. The van der Waals surface area contributed by atoms with E-state index in [0.717, 1.165) is 11.1 Å². The van der Waals surface area contributed by atoms with Gasteiger partial charge in [0.25, 0.3) is 5.91 Å². The molecular weight excluding hydrogens is 370 g/mol. The number of fused-ring (bicyclic) bond motifs is 1. The minimum Gasteiger partial charge on any atom is -0.493 e. The fraction of sp³-hybridized carbons (Fsp3) is 0.364. The molecule has 29 heavy (non-hydrogen) atoms. The average Bonchev–Trinajstić information content (AvgIpc) is 2.76. The lowest BCUT2D eigenvalue weighted by Crippen LogP contribution is -2.49. The van der Waals surface area contributed by atoms with Gasteiger partial charge in [-0.3, -0.25) is 4.79 Å². The lowest BCUT2D eigenvalue weighted by atomic mass is 9.91. The van der Waals surface area contributed by atoms with Gasteiger partial charge in [-0.1, -0.05) is 18.2 Å². The van der Waals surface area contributed by atoms with E-state index in [1.54, 1.807) is 31.3 Å². The number of nitrogens with zero attached hydrogens (tertiary/aromatic N) is 1. The molecule has 0 fully saturated rings. The second-order valence-corrected chi connectivity index (χ2v) is 6.78. The summed E-state index contributed by atoms with van der Waals surface area (Å²) in [6.45, 7) is 3.28. The molecule has 0 radical (unpaired) electrons. The van der Waals surface area contributed by atoms with E-state index in [1.165, 1.54) is 0 Å². The predicted molar refractivity (Wildman–Crippen MR) is 111 cm³/mol. The Morgan fingerprint density at radius 1 is 1.07 bits per heavy atom. The number of rotatable bonds is 6. The van der Waals surface area contributed by atoms with Crippen LogP contribution in [0.3, 0.4) is 0 Å². The summed E-state index contributed by atoms with van der Waals surface area (Å²) < 4.78 is 10.9. The first-order valence-corrected chi connectivity index (χ1v) is 9.71. The summed E-state index contributed by atoms with van der Waals surface area (Å²) in [6, 6.07) is 12.4. The molecule has 2 aromatic carbocycles. The van der Waals surface area contributed by atoms with Crippen molar-refractivity contribution in [2.45, 2.75) is 19.4 Å². The number of nitrogens with one attached hydrogen (secondary N) is 2. The number of urea groups is 1. The van der Waals surface area contributed by atoms with Gasteiger partial charge in [0.2, 0.25) is 0 Å². The minimum absolute atomic E-state index is 0.146. The van der Waals surface area contributed by atoms with Gasteiger partial charge in [-0.25, -0.2) is 4.79 Å². The number of hydrogen-bond donors (Lipinski definition) is 2. The SMILES string of the molecule is CCNC(=O)N1CCc2cc(OC)c(OC)cc2[C@@H]1CNC(=O)c1ccccc1. The molecule has 0 aromatic heterocycles. The molecule has 2 aromatic rings. The van der Waals surface area contributed by atoms with E-state index in [0.29, 0.717) is 43.1 Å². The molecule has 1 atom stereocenters. The van der Waals surface area contributed by atoms with Crippen LogP contribution in [0.15, 0.2) is 42.5 Å². The van der Waals surface area contributed by atoms with Crippen LogP contribution in [0, 0.1) is 0 Å². The molecule has 1 heterocycles. The molecule has 3 rings (SSSR count). The Morgan fingerprint density at radius 3 is 2.41 bits per heavy atom. The van der Waals surface area contributed by atoms with Crippen molar-refractivity contribution in [2.24, 2.45) is 0 Å². The first kappa shape index (κ1) is 20.5. The van der Waals surface area contributed by atoms with Crippen LogP contribution in [-0.4, -0.2) is 50.7 Å². The van der Waals surface area contributed by atoms with Gasteiger partial charge in [-0.2, -0.15) is 0 Å². The van der Waals surface area contributed by atoms with E-state index in [4.69, 9.17) is 9.47 Å². The second-order valence-electron chi connectivity index (χ2n) is 6.78. The number of hydrogen-bond acceptors (Lipinski definition) is 4. The van der Waals surface area contributed by atoms with Crippen molar-refractivity contribution in [3.8, 4) is 11.5 Å². The van der Waals surface area contributed by atoms with Crippen molar-refractivity contribution in [2.75, 3.05) is 33.9 Å². The van der Waals surface area contributed by atoms with Gasteiger partial charge < -0.3 is 25.0 Å². The van der Waals surface area contributed by atoms with Crippen LogP contribution in [0.5, 0.6) is 11.5 Å². The van der Waals surface area contributed by atoms with E-state index in [1.807, 2.05) is 37.3 Å². The highest BCUT2D eigenvalue weighted by atomic mass is 16.5. The monoisotopic (exact) mass is 397 g/mol. The van der Waals surface area contributed by atoms with E-state index in [-0.39, 0.29) is 18.0 Å². The molecule has 1 aliphatic heterocycles. The molecule has 7 heteroatoms. The Balaban J connectivity index is 1.90. The number of carbonyl (C=O) groups is 2. The summed E-state index contributed by atoms with van der Waals surface area (Å²) in [4.78, 5) is 27.0. The van der Waals surface area contributed by atoms with Gasteiger partial charge in [0.1, 0.15) is 0 Å². The highest BCUT2D eigenvalue weighted by molar-refractivity contribution is 5.94. The molecule has 0 saturated carbocycles. The summed E-state index contributed by atoms with van der Waals surface area (Å²) in [5, 5.41) is 5.83. The van der Waals surface area contributed by atoms with Crippen LogP contribution in [0.2, 0.25) is 0 Å². The van der Waals surface area contributed by atoms with Gasteiger partial charge in [-0.15, -0.1) is 0 Å². The maximum atomic E-state index is 12.7. The molecule has 0 aliphatic carbocycles. The smallest absolute Gasteiger partial charge is 0.317 e. The average molecular weight is 397 g/mol. The topological polar surface area (TPSA) is 79.9 Å². The molecule has 2 N–H and O–H groups in total. The summed E-state index contributed by atoms with van der Waals surface area (Å²) in [7, 11) is 3.19. The van der Waals surface area contributed by atoms with Crippen LogP contribution in [0.4, 0.5) is 4.79 Å². The molecule has 0 bridgehead atoms. The Bertz CT molecular complexity index is 870. The van der Waals surface area contributed by atoms with Crippen molar-refractivity contribution in [3.63, 3.8) is 0 Å². The van der Waals surface area contributed by atoms with Crippen molar-refractivity contribution in [3.05, 3.63) is 59.2 Å². The maximum absolute atomic E-state index is 12.7. The van der Waals surface area contributed by atoms with Crippen molar-refractivity contribution >= 4 is 11.9 Å². The van der Waals surface area contributed by atoms with Crippen LogP contribution in [0.25, 0.3) is 0 Å². The zero-order chi connectivity index (χ0) is 20.8. The standard InChI is InChI=1S/C22H27N3O4/c1-4-23-22(27)25-11-10-16-12-19(28-2)20(29-3)13-17(16)18(25)14-24-21(26)15-8-6-5-7-9-15/h5-9,12-13,18H,4,10-11,14H2,1-3H3,(H,23,27)(H,24,26)/t18-/m0/s1. The Hall–Kier alpha value is -3.22. The number of benzene rings is 2. The zero-order valence-electron chi connectivity index (χ0n) is 17.0. The van der Waals surface area contributed by atoms with Crippen LogP contribution >= 0.6 is 0 Å². The zero-order valence-corrected chi connectivity index (χ0v) is 17.0. The minimum atomic E-state index is -0.308. The van der Waals surface area contributed by atoms with E-state index >= 15 is 0 Å². The summed E-state index contributed by atoms with van der Waals surface area (Å²) in [5.41, 5.74) is 2.62. The maximum Gasteiger partial charge on any atom is 0.317 e. The lowest BCUT2D eigenvalue weighted by molar-refractivity contribution is 0.0934. The molecular formula is C22H27N3O4. The van der Waals surface area contributed by atoms with Gasteiger partial charge in [-0.05, 0) is 48.7 Å². The van der Waals surface area contributed by atoms with E-state index in [2.05, 4.69) is 10.6 Å². The highest BCUT2D eigenvalue weighted by Crippen LogP contribution is 2.38. The number of carbonyl (C=O) groups excluding carboxylic acids is 2. The largest absolute Gasteiger partial charge is 0.493 e. The van der Waals surface area contributed by atoms with Crippen LogP contribution < -0.4 is 20.1 Å². The summed E-state index contributed by atoms with van der Waals surface area (Å²) in [5.74, 6) is 1.09. The lowest BCUT2D eigenvalue weighted by Gasteiger charge is -2.37. The van der Waals surface area contributed by atoms with Crippen molar-refractivity contribution in [1.29, 1.82) is 0 Å². The third-order valence-corrected chi connectivity index (χ3v) is 5.08. The first-order chi connectivity index (χ1) is 14.1. The summed E-state index contributed by atoms with van der Waals surface area (Å²) >= 11 is 0. The molecule has 3 amide bonds. The third-order valence-electron chi connectivity index (χ3n) is 5.08. The molecule has 7 nitrogen and oxygen atoms in total. The molecule has 1 aliphatic rings. The number of amides is 3. The number of ether oxygens (including phenoxy) is 2. The normalized spacial score (nSPS) is 15.3. The van der Waals surface area contributed by atoms with E-state index < -0.39 is 0 Å². The quantitative estimate of drug-likeness (QED) is 0.786. The van der Waals surface area contributed by atoms with Crippen molar-refractivity contribution in [1.82, 2.24) is 15.5 Å².